The van der Waals surface area contributed by atoms with E-state index in [0.717, 1.165) is 25.7 Å². The van der Waals surface area contributed by atoms with Crippen LogP contribution in [-0.4, -0.2) is 35.0 Å². The molecular formula is C15H28O4. The van der Waals surface area contributed by atoms with Crippen LogP contribution in [0.4, 0.5) is 0 Å². The summed E-state index contributed by atoms with van der Waals surface area (Å²) in [6, 6.07) is 0. The maximum atomic E-state index is 12.2. The Kier molecular flexibility index (Phi) is 6.97. The Morgan fingerprint density at radius 1 is 1.21 bits per heavy atom. The number of aliphatic hydroxyl groups is 2. The van der Waals surface area contributed by atoms with E-state index < -0.39 is 12.4 Å². The summed E-state index contributed by atoms with van der Waals surface area (Å²) in [5.41, 5.74) is -1.27. The van der Waals surface area contributed by atoms with Gasteiger partial charge in [-0.3, -0.25) is 4.79 Å². The van der Waals surface area contributed by atoms with Crippen LogP contribution in [0.3, 0.4) is 0 Å². The monoisotopic (exact) mass is 272 g/mol. The molecule has 0 saturated heterocycles. The highest BCUT2D eigenvalue weighted by Gasteiger charge is 2.40. The molecule has 0 aromatic rings. The molecule has 2 unspecified atom stereocenters. The lowest BCUT2D eigenvalue weighted by Gasteiger charge is -2.36. The topological polar surface area (TPSA) is 66.8 Å². The Labute approximate surface area is 116 Å². The van der Waals surface area contributed by atoms with Gasteiger partial charge in [0.15, 0.2) is 5.78 Å². The normalized spacial score (nSPS) is 32.6. The summed E-state index contributed by atoms with van der Waals surface area (Å²) in [5.74, 6) is 0.530. The maximum absolute atomic E-state index is 12.2. The molecule has 0 heterocycles. The fourth-order valence-electron chi connectivity index (χ4n) is 3.14. The van der Waals surface area contributed by atoms with Gasteiger partial charge in [-0.25, -0.2) is 0 Å². The molecule has 0 spiro atoms. The number of hydrogen-bond donors (Lipinski definition) is 2. The summed E-state index contributed by atoms with van der Waals surface area (Å²) < 4.78 is 4.77. The molecule has 0 bridgehead atoms. The van der Waals surface area contributed by atoms with Gasteiger partial charge < -0.3 is 14.9 Å². The van der Waals surface area contributed by atoms with Crippen molar-refractivity contribution in [1.82, 2.24) is 0 Å². The predicted molar refractivity (Wildman–Crippen MR) is 73.6 cm³/mol. The molecule has 1 aliphatic carbocycles. The van der Waals surface area contributed by atoms with Crippen LogP contribution >= 0.6 is 0 Å². The smallest absolute Gasteiger partial charge is 0.189 e. The third kappa shape index (κ3) is 4.86. The zero-order valence-corrected chi connectivity index (χ0v) is 12.2. The third-order valence-corrected chi connectivity index (χ3v) is 4.48. The minimum absolute atomic E-state index is 0.195. The van der Waals surface area contributed by atoms with E-state index in [1.807, 2.05) is 0 Å². The van der Waals surface area contributed by atoms with Crippen LogP contribution in [0.25, 0.3) is 0 Å². The summed E-state index contributed by atoms with van der Waals surface area (Å²) >= 11 is 0. The zero-order valence-electron chi connectivity index (χ0n) is 12.2. The SMILES string of the molecule is CCC1CCCC(CC)CC(O)(C(=O)COCO)C1. The first-order valence-electron chi connectivity index (χ1n) is 7.50. The van der Waals surface area contributed by atoms with Crippen LogP contribution in [0, 0.1) is 11.8 Å². The molecule has 1 rings (SSSR count). The van der Waals surface area contributed by atoms with Crippen molar-refractivity contribution in [2.75, 3.05) is 13.4 Å². The van der Waals surface area contributed by atoms with E-state index in [1.54, 1.807) is 0 Å². The lowest BCUT2D eigenvalue weighted by molar-refractivity contribution is -0.150. The first kappa shape index (κ1) is 16.6. The molecule has 0 aromatic heterocycles. The van der Waals surface area contributed by atoms with Gasteiger partial charge in [0, 0.05) is 0 Å². The van der Waals surface area contributed by atoms with Gasteiger partial charge in [-0.2, -0.15) is 0 Å². The van der Waals surface area contributed by atoms with E-state index in [0.29, 0.717) is 24.7 Å². The molecule has 2 atom stereocenters. The quantitative estimate of drug-likeness (QED) is 0.728. The highest BCUT2D eigenvalue weighted by Crippen LogP contribution is 2.36. The van der Waals surface area contributed by atoms with Gasteiger partial charge in [-0.05, 0) is 24.7 Å². The number of ether oxygens (including phenoxy) is 1. The first-order chi connectivity index (χ1) is 9.05. The molecule has 112 valence electrons. The Morgan fingerprint density at radius 2 is 1.74 bits per heavy atom. The number of ketones is 1. The van der Waals surface area contributed by atoms with E-state index in [1.165, 1.54) is 6.42 Å². The summed E-state index contributed by atoms with van der Waals surface area (Å²) in [6.45, 7) is 3.55. The van der Waals surface area contributed by atoms with Crippen LogP contribution < -0.4 is 0 Å². The molecule has 19 heavy (non-hydrogen) atoms. The van der Waals surface area contributed by atoms with Crippen molar-refractivity contribution in [3.05, 3.63) is 0 Å². The lowest BCUT2D eigenvalue weighted by Crippen LogP contribution is -2.45. The Morgan fingerprint density at radius 3 is 2.16 bits per heavy atom. The summed E-state index contributed by atoms with van der Waals surface area (Å²) in [7, 11) is 0. The van der Waals surface area contributed by atoms with Crippen molar-refractivity contribution in [1.29, 1.82) is 0 Å². The Bertz CT molecular complexity index is 263. The predicted octanol–water partition coefficient (Wildman–Crippen LogP) is 2.27. The Hall–Kier alpha value is -0.450. The average Bonchev–Trinajstić information content (AvgIpc) is 2.39. The van der Waals surface area contributed by atoms with Crippen molar-refractivity contribution in [2.45, 2.75) is 64.4 Å². The molecule has 0 aliphatic heterocycles. The minimum atomic E-state index is -1.27. The van der Waals surface area contributed by atoms with Crippen molar-refractivity contribution < 1.29 is 19.7 Å². The molecule has 4 heteroatoms. The van der Waals surface area contributed by atoms with Crippen LogP contribution in [0.1, 0.15) is 58.8 Å². The number of Topliss-reactive ketones (excluding diaryl/α,β-unsaturated/α-hetero) is 1. The first-order valence-corrected chi connectivity index (χ1v) is 7.50. The summed E-state index contributed by atoms with van der Waals surface area (Å²) in [6.07, 6.45) is 6.42. The van der Waals surface area contributed by atoms with Gasteiger partial charge >= 0.3 is 0 Å². The average molecular weight is 272 g/mol. The molecule has 0 amide bonds. The van der Waals surface area contributed by atoms with Crippen LogP contribution in [0.15, 0.2) is 0 Å². The Balaban J connectivity index is 2.78. The third-order valence-electron chi connectivity index (χ3n) is 4.48. The molecule has 0 radical (unpaired) electrons. The van der Waals surface area contributed by atoms with Gasteiger partial charge in [0.2, 0.25) is 0 Å². The number of aliphatic hydroxyl groups excluding tert-OH is 1. The number of rotatable bonds is 6. The van der Waals surface area contributed by atoms with Gasteiger partial charge in [0.1, 0.15) is 19.0 Å². The molecule has 1 fully saturated rings. The van der Waals surface area contributed by atoms with E-state index in [-0.39, 0.29) is 12.4 Å². The van der Waals surface area contributed by atoms with E-state index in [4.69, 9.17) is 9.84 Å². The molecule has 2 N–H and O–H groups in total. The molecule has 1 saturated carbocycles. The van der Waals surface area contributed by atoms with Gasteiger partial charge in [0.05, 0.1) is 0 Å². The fraction of sp³-hybridized carbons (Fsp3) is 0.933. The van der Waals surface area contributed by atoms with Crippen molar-refractivity contribution in [3.8, 4) is 0 Å². The van der Waals surface area contributed by atoms with Crippen LogP contribution in [-0.2, 0) is 9.53 Å². The second-order valence-corrected chi connectivity index (χ2v) is 5.82. The largest absolute Gasteiger partial charge is 0.382 e. The fourth-order valence-corrected chi connectivity index (χ4v) is 3.14. The lowest BCUT2D eigenvalue weighted by atomic mass is 9.73. The maximum Gasteiger partial charge on any atom is 0.189 e. The van der Waals surface area contributed by atoms with Crippen LogP contribution in [0.2, 0.25) is 0 Å². The molecule has 0 aromatic carbocycles. The molecule has 4 nitrogen and oxygen atoms in total. The van der Waals surface area contributed by atoms with E-state index >= 15 is 0 Å². The number of hydrogen-bond acceptors (Lipinski definition) is 4. The minimum Gasteiger partial charge on any atom is -0.382 e. The second-order valence-electron chi connectivity index (χ2n) is 5.82. The second kappa shape index (κ2) is 7.98. The van der Waals surface area contributed by atoms with Gasteiger partial charge in [-0.15, -0.1) is 0 Å². The van der Waals surface area contributed by atoms with Crippen LogP contribution in [0.5, 0.6) is 0 Å². The van der Waals surface area contributed by atoms with E-state index in [9.17, 15) is 9.90 Å². The number of carbonyl (C=O) groups excluding carboxylic acids is 1. The summed E-state index contributed by atoms with van der Waals surface area (Å²) in [5, 5.41) is 19.4. The highest BCUT2D eigenvalue weighted by atomic mass is 16.6. The summed E-state index contributed by atoms with van der Waals surface area (Å²) in [4.78, 5) is 12.2. The van der Waals surface area contributed by atoms with Crippen molar-refractivity contribution >= 4 is 5.78 Å². The van der Waals surface area contributed by atoms with Gasteiger partial charge in [0.25, 0.3) is 0 Å². The zero-order chi connectivity index (χ0) is 14.3. The standard InChI is InChI=1S/C15H28O4/c1-3-12-6-5-7-13(4-2)9-15(18,8-12)14(17)10-19-11-16/h12-13,16,18H,3-11H2,1-2H3. The molecular weight excluding hydrogens is 244 g/mol. The van der Waals surface area contributed by atoms with Gasteiger partial charge in [-0.1, -0.05) is 46.0 Å². The highest BCUT2D eigenvalue weighted by molar-refractivity contribution is 5.88. The van der Waals surface area contributed by atoms with E-state index in [2.05, 4.69) is 13.8 Å². The van der Waals surface area contributed by atoms with Crippen molar-refractivity contribution in [3.63, 3.8) is 0 Å². The molecule has 1 aliphatic rings. The number of carbonyl (C=O) groups is 1. The van der Waals surface area contributed by atoms with Crippen molar-refractivity contribution in [2.24, 2.45) is 11.8 Å².